The van der Waals surface area contributed by atoms with Gasteiger partial charge in [-0.05, 0) is 86.1 Å². The monoisotopic (exact) mass is 415 g/mol. The van der Waals surface area contributed by atoms with Gasteiger partial charge in [0.05, 0.1) is 10.2 Å². The van der Waals surface area contributed by atoms with Gasteiger partial charge in [0.15, 0.2) is 0 Å². The maximum atomic E-state index is 13.1. The summed E-state index contributed by atoms with van der Waals surface area (Å²) < 4.78 is 27.8. The zero-order chi connectivity index (χ0) is 17.9. The van der Waals surface area contributed by atoms with Crippen LogP contribution in [0.25, 0.3) is 0 Å². The highest BCUT2D eigenvalue weighted by Crippen LogP contribution is 2.55. The van der Waals surface area contributed by atoms with Crippen LogP contribution in [0.3, 0.4) is 0 Å². The molecule has 0 unspecified atom stereocenters. The van der Waals surface area contributed by atoms with Crippen molar-refractivity contribution in [3.8, 4) is 0 Å². The Bertz CT molecular complexity index is 667. The van der Waals surface area contributed by atoms with Crippen molar-refractivity contribution >= 4 is 21.8 Å². The lowest BCUT2D eigenvalue weighted by atomic mass is 9.53. The summed E-state index contributed by atoms with van der Waals surface area (Å²) in [6.45, 7) is 3.44. The largest absolute Gasteiger partial charge is 0.349 e. The average Bonchev–Trinajstić information content (AvgIpc) is 2.81. The van der Waals surface area contributed by atoms with Crippen LogP contribution in [0.4, 0.5) is 8.78 Å². The van der Waals surface area contributed by atoms with Crippen molar-refractivity contribution < 1.29 is 13.6 Å². The number of carbonyl (C=O) groups is 1. The van der Waals surface area contributed by atoms with Crippen molar-refractivity contribution in [3.05, 3.63) is 15.9 Å². The fourth-order valence-corrected chi connectivity index (χ4v) is 6.21. The molecule has 4 aliphatic rings. The van der Waals surface area contributed by atoms with E-state index in [0.717, 1.165) is 37.0 Å². The number of rotatable bonds is 4. The molecule has 4 saturated carbocycles. The highest BCUT2D eigenvalue weighted by atomic mass is 79.9. The number of halogens is 3. The number of alkyl halides is 2. The van der Waals surface area contributed by atoms with E-state index in [0.29, 0.717) is 5.69 Å². The maximum absolute atomic E-state index is 13.1. The summed E-state index contributed by atoms with van der Waals surface area (Å²) in [5.74, 6) is 2.12. The molecule has 7 heteroatoms. The van der Waals surface area contributed by atoms with Gasteiger partial charge in [-0.1, -0.05) is 0 Å². The SMILES string of the molecule is Cc1c(Br)c(C(F)F)nn1[C@@H](C)C(=O)NC12CC3CC(CC(C3)C1)C2. The first-order valence-corrected chi connectivity index (χ1v) is 9.92. The minimum atomic E-state index is -2.66. The van der Waals surface area contributed by atoms with Crippen LogP contribution in [0.15, 0.2) is 4.47 Å². The molecular formula is C18H24BrF2N3O. The Morgan fingerprint density at radius 3 is 2.20 bits per heavy atom. The summed E-state index contributed by atoms with van der Waals surface area (Å²) in [5, 5.41) is 7.29. The van der Waals surface area contributed by atoms with Crippen molar-refractivity contribution in [1.82, 2.24) is 15.1 Å². The average molecular weight is 416 g/mol. The highest BCUT2D eigenvalue weighted by Gasteiger charge is 2.51. The summed E-state index contributed by atoms with van der Waals surface area (Å²) in [7, 11) is 0. The molecule has 1 N–H and O–H groups in total. The summed E-state index contributed by atoms with van der Waals surface area (Å²) in [6.07, 6.45) is 4.49. The molecule has 0 aliphatic heterocycles. The summed E-state index contributed by atoms with van der Waals surface area (Å²) >= 11 is 3.18. The van der Waals surface area contributed by atoms with E-state index < -0.39 is 12.5 Å². The third-order valence-electron chi connectivity index (χ3n) is 6.48. The molecule has 4 nitrogen and oxygen atoms in total. The first kappa shape index (κ1) is 17.4. The quantitative estimate of drug-likeness (QED) is 0.784. The molecule has 0 spiro atoms. The van der Waals surface area contributed by atoms with Gasteiger partial charge < -0.3 is 5.32 Å². The predicted octanol–water partition coefficient (Wildman–Crippen LogP) is 4.54. The molecule has 0 aromatic carbocycles. The van der Waals surface area contributed by atoms with Crippen molar-refractivity contribution in [2.45, 2.75) is 70.4 Å². The number of carbonyl (C=O) groups excluding carboxylic acids is 1. The first-order valence-electron chi connectivity index (χ1n) is 9.12. The Labute approximate surface area is 154 Å². The Morgan fingerprint density at radius 2 is 1.76 bits per heavy atom. The van der Waals surface area contributed by atoms with Gasteiger partial charge in [-0.3, -0.25) is 9.48 Å². The van der Waals surface area contributed by atoms with Crippen LogP contribution in [0.2, 0.25) is 0 Å². The summed E-state index contributed by atoms with van der Waals surface area (Å²) in [5.41, 5.74) is 0.180. The number of nitrogens with zero attached hydrogens (tertiary/aromatic N) is 2. The van der Waals surface area contributed by atoms with Crippen LogP contribution >= 0.6 is 15.9 Å². The summed E-state index contributed by atoms with van der Waals surface area (Å²) in [6, 6.07) is -0.600. The van der Waals surface area contributed by atoms with E-state index in [1.54, 1.807) is 13.8 Å². The molecule has 1 heterocycles. The first-order chi connectivity index (χ1) is 11.8. The zero-order valence-electron chi connectivity index (χ0n) is 14.6. The molecule has 0 radical (unpaired) electrons. The van der Waals surface area contributed by atoms with Gasteiger partial charge in [0.25, 0.3) is 6.43 Å². The van der Waals surface area contributed by atoms with E-state index in [4.69, 9.17) is 0 Å². The van der Waals surface area contributed by atoms with Gasteiger partial charge in [0, 0.05) is 5.54 Å². The second-order valence-electron chi connectivity index (χ2n) is 8.39. The zero-order valence-corrected chi connectivity index (χ0v) is 16.2. The van der Waals surface area contributed by atoms with Crippen LogP contribution in [-0.2, 0) is 4.79 Å². The van der Waals surface area contributed by atoms with E-state index in [9.17, 15) is 13.6 Å². The van der Waals surface area contributed by atoms with E-state index >= 15 is 0 Å². The highest BCUT2D eigenvalue weighted by molar-refractivity contribution is 9.10. The molecule has 25 heavy (non-hydrogen) atoms. The lowest BCUT2D eigenvalue weighted by molar-refractivity contribution is -0.130. The molecule has 4 aliphatic carbocycles. The second kappa shape index (κ2) is 6.03. The van der Waals surface area contributed by atoms with Crippen molar-refractivity contribution in [2.75, 3.05) is 0 Å². The van der Waals surface area contributed by atoms with Crippen LogP contribution < -0.4 is 5.32 Å². The molecule has 0 saturated heterocycles. The lowest BCUT2D eigenvalue weighted by Crippen LogP contribution is -2.60. The minimum absolute atomic E-state index is 0.0794. The molecule has 1 atom stereocenters. The standard InChI is InChI=1S/C18H24BrF2N3O/c1-9-14(19)15(16(20)21)23-24(9)10(2)17(25)22-18-6-11-3-12(7-18)5-13(4-11)8-18/h10-13,16H,3-8H2,1-2H3,(H,22,25)/t10-,11?,12?,13?,18?/m0/s1. The predicted molar refractivity (Wildman–Crippen MR) is 93.4 cm³/mol. The van der Waals surface area contributed by atoms with Crippen LogP contribution in [0.1, 0.15) is 69.3 Å². The Hall–Kier alpha value is -0.980. The normalized spacial score (nSPS) is 34.6. The molecule has 4 fully saturated rings. The van der Waals surface area contributed by atoms with Gasteiger partial charge in [-0.25, -0.2) is 8.78 Å². The molecule has 5 rings (SSSR count). The number of amides is 1. The Morgan fingerprint density at radius 1 is 1.24 bits per heavy atom. The van der Waals surface area contributed by atoms with Gasteiger partial charge in [0.2, 0.25) is 5.91 Å². The number of nitrogens with one attached hydrogen (secondary N) is 1. The molecular weight excluding hydrogens is 392 g/mol. The maximum Gasteiger partial charge on any atom is 0.283 e. The molecule has 1 aromatic rings. The Balaban J connectivity index is 1.53. The topological polar surface area (TPSA) is 46.9 Å². The van der Waals surface area contributed by atoms with Gasteiger partial charge in [0.1, 0.15) is 11.7 Å². The van der Waals surface area contributed by atoms with Crippen LogP contribution in [0, 0.1) is 24.7 Å². The fraction of sp³-hybridized carbons (Fsp3) is 0.778. The summed E-state index contributed by atoms with van der Waals surface area (Å²) in [4.78, 5) is 12.9. The fourth-order valence-electron chi connectivity index (χ4n) is 5.78. The van der Waals surface area contributed by atoms with Crippen LogP contribution in [-0.4, -0.2) is 21.2 Å². The number of hydrogen-bond donors (Lipinski definition) is 1. The van der Waals surface area contributed by atoms with Gasteiger partial charge in [-0.2, -0.15) is 5.10 Å². The van der Waals surface area contributed by atoms with E-state index in [1.165, 1.54) is 23.9 Å². The molecule has 1 aromatic heterocycles. The van der Waals surface area contributed by atoms with Gasteiger partial charge >= 0.3 is 0 Å². The van der Waals surface area contributed by atoms with E-state index in [-0.39, 0.29) is 21.6 Å². The molecule has 4 bridgehead atoms. The smallest absolute Gasteiger partial charge is 0.283 e. The molecule has 138 valence electrons. The van der Waals surface area contributed by atoms with Crippen molar-refractivity contribution in [2.24, 2.45) is 17.8 Å². The third-order valence-corrected chi connectivity index (χ3v) is 7.46. The van der Waals surface area contributed by atoms with E-state index in [2.05, 4.69) is 26.3 Å². The van der Waals surface area contributed by atoms with Crippen molar-refractivity contribution in [1.29, 1.82) is 0 Å². The van der Waals surface area contributed by atoms with Crippen molar-refractivity contribution in [3.63, 3.8) is 0 Å². The third kappa shape index (κ3) is 2.92. The van der Waals surface area contributed by atoms with E-state index in [1.807, 2.05) is 0 Å². The van der Waals surface area contributed by atoms with Crippen LogP contribution in [0.5, 0.6) is 0 Å². The minimum Gasteiger partial charge on any atom is -0.349 e. The lowest BCUT2D eigenvalue weighted by Gasteiger charge is -2.57. The molecule has 1 amide bonds. The Kier molecular flexibility index (Phi) is 4.21. The number of aromatic nitrogens is 2. The number of hydrogen-bond acceptors (Lipinski definition) is 2. The second-order valence-corrected chi connectivity index (χ2v) is 9.19. The van der Waals surface area contributed by atoms with Gasteiger partial charge in [-0.15, -0.1) is 0 Å².